The van der Waals surface area contributed by atoms with Gasteiger partial charge in [-0.25, -0.2) is 4.39 Å². The van der Waals surface area contributed by atoms with Crippen LogP contribution in [0.15, 0.2) is 89.8 Å². The molecule has 188 valence electrons. The van der Waals surface area contributed by atoms with Gasteiger partial charge in [0.2, 0.25) is 11.8 Å². The number of halogens is 1. The molecule has 0 spiro atoms. The Bertz CT molecular complexity index is 1100. The molecule has 36 heavy (non-hydrogen) atoms. The highest BCUT2D eigenvalue weighted by atomic mass is 32.2. The second kappa shape index (κ2) is 13.3. The molecule has 1 aliphatic rings. The fraction of sp³-hybridized carbons (Fsp3) is 0.333. The Morgan fingerprint density at radius 3 is 2.17 bits per heavy atom. The molecular weight excluding hydrogens is 471 g/mol. The van der Waals surface area contributed by atoms with E-state index in [9.17, 15) is 14.0 Å². The molecule has 6 heteroatoms. The maximum Gasteiger partial charge on any atom is 0.243 e. The number of nitrogens with zero attached hydrogens (tertiary/aromatic N) is 1. The van der Waals surface area contributed by atoms with Crippen molar-refractivity contribution in [1.82, 2.24) is 10.2 Å². The summed E-state index contributed by atoms with van der Waals surface area (Å²) >= 11 is 1.46. The Morgan fingerprint density at radius 2 is 1.50 bits per heavy atom. The molecule has 0 saturated heterocycles. The first kappa shape index (κ1) is 26.0. The molecule has 1 N–H and O–H groups in total. The van der Waals surface area contributed by atoms with Gasteiger partial charge < -0.3 is 10.2 Å². The van der Waals surface area contributed by atoms with Gasteiger partial charge in [-0.2, -0.15) is 0 Å². The van der Waals surface area contributed by atoms with E-state index in [1.54, 1.807) is 17.0 Å². The van der Waals surface area contributed by atoms with Crippen LogP contribution in [-0.2, 0) is 22.6 Å². The van der Waals surface area contributed by atoms with Gasteiger partial charge in [0.25, 0.3) is 0 Å². The van der Waals surface area contributed by atoms with Gasteiger partial charge in [-0.1, -0.05) is 79.9 Å². The lowest BCUT2D eigenvalue weighted by Gasteiger charge is -2.33. The molecule has 0 heterocycles. The number of carbonyl (C=O) groups is 2. The van der Waals surface area contributed by atoms with Crippen molar-refractivity contribution in [3.05, 3.63) is 102 Å². The van der Waals surface area contributed by atoms with Gasteiger partial charge in [0.15, 0.2) is 0 Å². The van der Waals surface area contributed by atoms with Crippen LogP contribution in [0, 0.1) is 5.82 Å². The number of hydrogen-bond acceptors (Lipinski definition) is 3. The molecule has 1 saturated carbocycles. The Hall–Kier alpha value is -3.12. The molecule has 4 nitrogen and oxygen atoms in total. The van der Waals surface area contributed by atoms with E-state index >= 15 is 0 Å². The lowest BCUT2D eigenvalue weighted by molar-refractivity contribution is -0.139. The molecule has 0 unspecified atom stereocenters. The molecular formula is C30H33FN2O2S. The first-order chi connectivity index (χ1) is 17.6. The summed E-state index contributed by atoms with van der Waals surface area (Å²) in [6.07, 6.45) is 5.79. The predicted molar refractivity (Wildman–Crippen MR) is 143 cm³/mol. The average molecular weight is 505 g/mol. The summed E-state index contributed by atoms with van der Waals surface area (Å²) in [5, 5.41) is 3.24. The van der Waals surface area contributed by atoms with Gasteiger partial charge in [0.05, 0.1) is 5.75 Å². The maximum atomic E-state index is 13.7. The SMILES string of the molecule is O=C(NC1CCCCC1)[C@@H](Cc1ccccc1)N(Cc1ccc(F)cc1)C(=O)CSc1ccccc1. The van der Waals surface area contributed by atoms with Crippen LogP contribution in [0.1, 0.15) is 43.2 Å². The predicted octanol–water partition coefficient (Wildman–Crippen LogP) is 6.01. The van der Waals surface area contributed by atoms with Gasteiger partial charge >= 0.3 is 0 Å². The lowest BCUT2D eigenvalue weighted by Crippen LogP contribution is -2.53. The maximum absolute atomic E-state index is 13.7. The number of nitrogens with one attached hydrogen (secondary N) is 1. The summed E-state index contributed by atoms with van der Waals surface area (Å²) < 4.78 is 13.6. The third-order valence-electron chi connectivity index (χ3n) is 6.59. The van der Waals surface area contributed by atoms with Crippen LogP contribution in [0.4, 0.5) is 4.39 Å². The van der Waals surface area contributed by atoms with Crippen LogP contribution in [-0.4, -0.2) is 34.6 Å². The van der Waals surface area contributed by atoms with Crippen LogP contribution in [0.25, 0.3) is 0 Å². The largest absolute Gasteiger partial charge is 0.352 e. The minimum Gasteiger partial charge on any atom is -0.352 e. The van der Waals surface area contributed by atoms with Crippen LogP contribution in [0.3, 0.4) is 0 Å². The van der Waals surface area contributed by atoms with Gasteiger partial charge in [-0.05, 0) is 48.2 Å². The zero-order valence-corrected chi connectivity index (χ0v) is 21.3. The van der Waals surface area contributed by atoms with E-state index in [1.165, 1.54) is 30.3 Å². The smallest absolute Gasteiger partial charge is 0.243 e. The van der Waals surface area contributed by atoms with E-state index in [4.69, 9.17) is 0 Å². The molecule has 0 aliphatic heterocycles. The van der Waals surface area contributed by atoms with Gasteiger partial charge in [0, 0.05) is 23.9 Å². The van der Waals surface area contributed by atoms with Crippen molar-refractivity contribution in [2.45, 2.75) is 62.0 Å². The summed E-state index contributed by atoms with van der Waals surface area (Å²) in [4.78, 5) is 30.0. The second-order valence-electron chi connectivity index (χ2n) is 9.30. The van der Waals surface area contributed by atoms with Crippen molar-refractivity contribution in [3.63, 3.8) is 0 Å². The zero-order chi connectivity index (χ0) is 25.2. The van der Waals surface area contributed by atoms with E-state index in [0.29, 0.717) is 6.42 Å². The summed E-state index contributed by atoms with van der Waals surface area (Å²) in [7, 11) is 0. The molecule has 4 rings (SSSR count). The molecule has 3 aromatic carbocycles. The van der Waals surface area contributed by atoms with E-state index in [2.05, 4.69) is 5.32 Å². The van der Waals surface area contributed by atoms with Crippen molar-refractivity contribution >= 4 is 23.6 Å². The molecule has 0 aromatic heterocycles. The van der Waals surface area contributed by atoms with E-state index in [-0.39, 0.29) is 36.0 Å². The van der Waals surface area contributed by atoms with Crippen molar-refractivity contribution in [3.8, 4) is 0 Å². The first-order valence-electron chi connectivity index (χ1n) is 12.6. The third kappa shape index (κ3) is 7.69. The van der Waals surface area contributed by atoms with Gasteiger partial charge in [-0.3, -0.25) is 9.59 Å². The summed E-state index contributed by atoms with van der Waals surface area (Å²) in [6, 6.07) is 25.2. The minimum atomic E-state index is -0.664. The highest BCUT2D eigenvalue weighted by Gasteiger charge is 2.31. The molecule has 1 fully saturated rings. The minimum absolute atomic E-state index is 0.118. The van der Waals surface area contributed by atoms with Crippen LogP contribution >= 0.6 is 11.8 Å². The van der Waals surface area contributed by atoms with Gasteiger partial charge in [0.1, 0.15) is 11.9 Å². The fourth-order valence-corrected chi connectivity index (χ4v) is 5.44. The first-order valence-corrected chi connectivity index (χ1v) is 13.6. The zero-order valence-electron chi connectivity index (χ0n) is 20.4. The highest BCUT2D eigenvalue weighted by molar-refractivity contribution is 8.00. The number of thioether (sulfide) groups is 1. The number of amides is 2. The van der Waals surface area contributed by atoms with Crippen molar-refractivity contribution < 1.29 is 14.0 Å². The molecule has 0 radical (unpaired) electrons. The van der Waals surface area contributed by atoms with Crippen molar-refractivity contribution in [1.29, 1.82) is 0 Å². The van der Waals surface area contributed by atoms with Gasteiger partial charge in [-0.15, -0.1) is 11.8 Å². The highest BCUT2D eigenvalue weighted by Crippen LogP contribution is 2.22. The van der Waals surface area contributed by atoms with E-state index < -0.39 is 6.04 Å². The molecule has 0 bridgehead atoms. The molecule has 3 aromatic rings. The Morgan fingerprint density at radius 1 is 0.861 bits per heavy atom. The van der Waals surface area contributed by atoms with Crippen LogP contribution < -0.4 is 5.32 Å². The molecule has 1 aliphatic carbocycles. The Labute approximate surface area is 217 Å². The summed E-state index contributed by atoms with van der Waals surface area (Å²) in [5.41, 5.74) is 1.78. The number of carbonyl (C=O) groups excluding carboxylic acids is 2. The molecule has 1 atom stereocenters. The Balaban J connectivity index is 1.60. The molecule has 2 amide bonds. The number of benzene rings is 3. The quantitative estimate of drug-likeness (QED) is 0.344. The topological polar surface area (TPSA) is 49.4 Å². The Kier molecular flexibility index (Phi) is 9.56. The van der Waals surface area contributed by atoms with E-state index in [0.717, 1.165) is 41.7 Å². The van der Waals surface area contributed by atoms with Crippen LogP contribution in [0.2, 0.25) is 0 Å². The third-order valence-corrected chi connectivity index (χ3v) is 7.59. The monoisotopic (exact) mass is 504 g/mol. The summed E-state index contributed by atoms with van der Waals surface area (Å²) in [6.45, 7) is 0.240. The van der Waals surface area contributed by atoms with Crippen molar-refractivity contribution in [2.24, 2.45) is 0 Å². The summed E-state index contributed by atoms with van der Waals surface area (Å²) in [5.74, 6) is -0.348. The fourth-order valence-electron chi connectivity index (χ4n) is 4.63. The second-order valence-corrected chi connectivity index (χ2v) is 10.3. The number of rotatable bonds is 10. The average Bonchev–Trinajstić information content (AvgIpc) is 2.92. The lowest BCUT2D eigenvalue weighted by atomic mass is 9.94. The van der Waals surface area contributed by atoms with E-state index in [1.807, 2.05) is 60.7 Å². The standard InChI is InChI=1S/C30H33FN2O2S/c31-25-18-16-24(17-19-25)21-33(29(34)22-36-27-14-8-3-9-15-27)28(20-23-10-4-1-5-11-23)30(35)32-26-12-6-2-7-13-26/h1,3-5,8-11,14-19,26,28H,2,6-7,12-13,20-22H2,(H,32,35)/t28-/m1/s1. The van der Waals surface area contributed by atoms with Crippen molar-refractivity contribution in [2.75, 3.05) is 5.75 Å². The normalized spacial score (nSPS) is 14.7. The number of hydrogen-bond donors (Lipinski definition) is 1. The van der Waals surface area contributed by atoms with Crippen LogP contribution in [0.5, 0.6) is 0 Å².